The Bertz CT molecular complexity index is 643. The van der Waals surface area contributed by atoms with Gasteiger partial charge in [-0.25, -0.2) is 0 Å². The Labute approximate surface area is 143 Å². The number of rotatable bonds is 4. The van der Waals surface area contributed by atoms with Crippen LogP contribution in [0.5, 0.6) is 0 Å². The van der Waals surface area contributed by atoms with Gasteiger partial charge >= 0.3 is 0 Å². The number of hydrogen-bond acceptors (Lipinski definition) is 2. The molecule has 2 rings (SSSR count). The van der Waals surface area contributed by atoms with Gasteiger partial charge in [0.2, 0.25) is 0 Å². The Kier molecular flexibility index (Phi) is 5.47. The lowest BCUT2D eigenvalue weighted by molar-refractivity contribution is 0.0963. The van der Waals surface area contributed by atoms with Crippen LogP contribution < -0.4 is 10.6 Å². The van der Waals surface area contributed by atoms with Crippen molar-refractivity contribution < 1.29 is 4.79 Å². The van der Waals surface area contributed by atoms with Crippen molar-refractivity contribution in [1.29, 1.82) is 0 Å². The first-order valence-corrected chi connectivity index (χ1v) is 8.00. The van der Waals surface area contributed by atoms with Crippen LogP contribution in [0.15, 0.2) is 42.5 Å². The van der Waals surface area contributed by atoms with Crippen molar-refractivity contribution in [3.63, 3.8) is 0 Å². The van der Waals surface area contributed by atoms with E-state index in [1.54, 1.807) is 25.2 Å². The molecule has 21 heavy (non-hydrogen) atoms. The van der Waals surface area contributed by atoms with Gasteiger partial charge in [0.15, 0.2) is 0 Å². The van der Waals surface area contributed by atoms with Crippen LogP contribution in [0, 0.1) is 3.57 Å². The number of benzene rings is 2. The van der Waals surface area contributed by atoms with E-state index in [1.807, 2.05) is 0 Å². The standard InChI is InChI=1S/C16H16ClIN2O/c1-10(11-3-6-13(18)7-4-11)20-15-9-12(16(21)19-2)5-8-14(15)17/h3-10,20H,1-2H3,(H,19,21). The SMILES string of the molecule is CNC(=O)c1ccc(Cl)c(NC(C)c2ccc(I)cc2)c1. The second-order valence-corrected chi connectivity index (χ2v) is 6.34. The first-order chi connectivity index (χ1) is 10.0. The lowest BCUT2D eigenvalue weighted by atomic mass is 10.1. The highest BCUT2D eigenvalue weighted by Crippen LogP contribution is 2.27. The molecule has 2 N–H and O–H groups in total. The summed E-state index contributed by atoms with van der Waals surface area (Å²) in [6.07, 6.45) is 0. The minimum atomic E-state index is -0.128. The fourth-order valence-corrected chi connectivity index (χ4v) is 2.52. The molecule has 0 aliphatic rings. The molecule has 110 valence electrons. The minimum absolute atomic E-state index is 0.0967. The van der Waals surface area contributed by atoms with E-state index in [9.17, 15) is 4.79 Å². The van der Waals surface area contributed by atoms with Crippen LogP contribution in [0.4, 0.5) is 5.69 Å². The van der Waals surface area contributed by atoms with Crippen LogP contribution in [0.2, 0.25) is 5.02 Å². The molecule has 0 radical (unpaired) electrons. The molecule has 0 heterocycles. The summed E-state index contributed by atoms with van der Waals surface area (Å²) < 4.78 is 1.20. The Morgan fingerprint density at radius 3 is 2.48 bits per heavy atom. The average molecular weight is 415 g/mol. The number of hydrogen-bond donors (Lipinski definition) is 2. The number of anilines is 1. The van der Waals surface area contributed by atoms with Crippen molar-refractivity contribution in [2.24, 2.45) is 0 Å². The maximum absolute atomic E-state index is 11.7. The van der Waals surface area contributed by atoms with Gasteiger partial charge in [0.05, 0.1) is 10.7 Å². The van der Waals surface area contributed by atoms with E-state index in [0.717, 1.165) is 11.3 Å². The van der Waals surface area contributed by atoms with E-state index in [0.29, 0.717) is 10.6 Å². The number of carbonyl (C=O) groups excluding carboxylic acids is 1. The van der Waals surface area contributed by atoms with Gasteiger partial charge < -0.3 is 10.6 Å². The summed E-state index contributed by atoms with van der Waals surface area (Å²) in [5, 5.41) is 6.56. The number of carbonyl (C=O) groups is 1. The summed E-state index contributed by atoms with van der Waals surface area (Å²) in [7, 11) is 1.61. The third-order valence-corrected chi connectivity index (χ3v) is 4.25. The molecule has 2 aromatic carbocycles. The molecule has 1 unspecified atom stereocenters. The zero-order valence-electron chi connectivity index (χ0n) is 11.8. The quantitative estimate of drug-likeness (QED) is 0.725. The summed E-state index contributed by atoms with van der Waals surface area (Å²) in [5.41, 5.74) is 2.50. The molecule has 0 aliphatic carbocycles. The lowest BCUT2D eigenvalue weighted by Gasteiger charge is -2.17. The molecular weight excluding hydrogens is 399 g/mol. The van der Waals surface area contributed by atoms with E-state index in [-0.39, 0.29) is 11.9 Å². The molecule has 0 bridgehead atoms. The van der Waals surface area contributed by atoms with E-state index in [1.165, 1.54) is 3.57 Å². The second kappa shape index (κ2) is 7.13. The molecule has 3 nitrogen and oxygen atoms in total. The van der Waals surface area contributed by atoms with Gasteiger partial charge in [-0.3, -0.25) is 4.79 Å². The van der Waals surface area contributed by atoms with Crippen LogP contribution in [0.3, 0.4) is 0 Å². The highest BCUT2D eigenvalue weighted by atomic mass is 127. The monoisotopic (exact) mass is 414 g/mol. The van der Waals surface area contributed by atoms with Crippen molar-refractivity contribution >= 4 is 45.8 Å². The molecule has 1 atom stereocenters. The molecule has 0 aliphatic heterocycles. The van der Waals surface area contributed by atoms with E-state index in [4.69, 9.17) is 11.6 Å². The zero-order chi connectivity index (χ0) is 15.4. The molecule has 0 spiro atoms. The number of amides is 1. The summed E-state index contributed by atoms with van der Waals surface area (Å²) >= 11 is 8.48. The van der Waals surface area contributed by atoms with E-state index in [2.05, 4.69) is 64.4 Å². The maximum Gasteiger partial charge on any atom is 0.251 e. The highest BCUT2D eigenvalue weighted by Gasteiger charge is 2.11. The summed E-state index contributed by atoms with van der Waals surface area (Å²) in [4.78, 5) is 11.7. The average Bonchev–Trinajstić information content (AvgIpc) is 2.49. The molecule has 5 heteroatoms. The predicted molar refractivity (Wildman–Crippen MR) is 96.0 cm³/mol. The Hall–Kier alpha value is -1.27. The van der Waals surface area contributed by atoms with Crippen LogP contribution >= 0.6 is 34.2 Å². The third kappa shape index (κ3) is 4.11. The number of nitrogens with one attached hydrogen (secondary N) is 2. The van der Waals surface area contributed by atoms with Gasteiger partial charge in [0, 0.05) is 22.2 Å². The molecule has 1 amide bonds. The van der Waals surface area contributed by atoms with Crippen molar-refractivity contribution in [3.05, 3.63) is 62.2 Å². The summed E-state index contributed by atoms with van der Waals surface area (Å²) in [6, 6.07) is 13.6. The maximum atomic E-state index is 11.7. The van der Waals surface area contributed by atoms with Gasteiger partial charge in [0.1, 0.15) is 0 Å². The molecular formula is C16H16ClIN2O. The highest BCUT2D eigenvalue weighted by molar-refractivity contribution is 14.1. The van der Waals surface area contributed by atoms with Crippen LogP contribution in [-0.4, -0.2) is 13.0 Å². The normalized spacial score (nSPS) is 11.8. The first-order valence-electron chi connectivity index (χ1n) is 6.55. The molecule has 0 fully saturated rings. The minimum Gasteiger partial charge on any atom is -0.377 e. The third-order valence-electron chi connectivity index (χ3n) is 3.20. The smallest absolute Gasteiger partial charge is 0.251 e. The lowest BCUT2D eigenvalue weighted by Crippen LogP contribution is -2.18. The first kappa shape index (κ1) is 16.1. The van der Waals surface area contributed by atoms with Crippen molar-refractivity contribution in [3.8, 4) is 0 Å². The van der Waals surface area contributed by atoms with Gasteiger partial charge in [-0.05, 0) is 65.4 Å². The van der Waals surface area contributed by atoms with Crippen molar-refractivity contribution in [1.82, 2.24) is 5.32 Å². The van der Waals surface area contributed by atoms with Crippen molar-refractivity contribution in [2.75, 3.05) is 12.4 Å². The van der Waals surface area contributed by atoms with E-state index < -0.39 is 0 Å². The van der Waals surface area contributed by atoms with Gasteiger partial charge in [-0.1, -0.05) is 23.7 Å². The van der Waals surface area contributed by atoms with Gasteiger partial charge in [-0.15, -0.1) is 0 Å². The summed E-state index contributed by atoms with van der Waals surface area (Å²) in [5.74, 6) is -0.128. The van der Waals surface area contributed by atoms with Crippen LogP contribution in [-0.2, 0) is 0 Å². The fourth-order valence-electron chi connectivity index (χ4n) is 1.99. The van der Waals surface area contributed by atoms with E-state index >= 15 is 0 Å². The molecule has 2 aromatic rings. The Balaban J connectivity index is 2.22. The molecule has 0 aromatic heterocycles. The Morgan fingerprint density at radius 2 is 1.86 bits per heavy atom. The van der Waals surface area contributed by atoms with Crippen LogP contribution in [0.25, 0.3) is 0 Å². The summed E-state index contributed by atoms with van der Waals surface area (Å²) in [6.45, 7) is 2.06. The second-order valence-electron chi connectivity index (χ2n) is 4.69. The van der Waals surface area contributed by atoms with Gasteiger partial charge in [0.25, 0.3) is 5.91 Å². The topological polar surface area (TPSA) is 41.1 Å². The Morgan fingerprint density at radius 1 is 1.19 bits per heavy atom. The molecule has 0 saturated carbocycles. The fraction of sp³-hybridized carbons (Fsp3) is 0.188. The largest absolute Gasteiger partial charge is 0.377 e. The predicted octanol–water partition coefficient (Wildman–Crippen LogP) is 4.48. The van der Waals surface area contributed by atoms with Crippen molar-refractivity contribution in [2.45, 2.75) is 13.0 Å². The zero-order valence-corrected chi connectivity index (χ0v) is 14.7. The van der Waals surface area contributed by atoms with Gasteiger partial charge in [-0.2, -0.15) is 0 Å². The number of halogens is 2. The molecule has 0 saturated heterocycles. The van der Waals surface area contributed by atoms with Crippen LogP contribution in [0.1, 0.15) is 28.9 Å².